The summed E-state index contributed by atoms with van der Waals surface area (Å²) >= 11 is 0. The molecule has 1 saturated heterocycles. The van der Waals surface area contributed by atoms with Crippen LogP contribution in [0.25, 0.3) is 27.4 Å². The van der Waals surface area contributed by atoms with Crippen molar-refractivity contribution in [1.82, 2.24) is 9.88 Å². The fourth-order valence-electron chi connectivity index (χ4n) is 3.98. The van der Waals surface area contributed by atoms with Crippen LogP contribution in [0.5, 0.6) is 0 Å². The molecule has 3 nitrogen and oxygen atoms in total. The van der Waals surface area contributed by atoms with Crippen molar-refractivity contribution in [2.24, 2.45) is 0 Å². The van der Waals surface area contributed by atoms with Crippen LogP contribution in [-0.4, -0.2) is 30.4 Å². The number of rotatable bonds is 3. The van der Waals surface area contributed by atoms with Gasteiger partial charge in [-0.25, -0.2) is 0 Å². The summed E-state index contributed by atoms with van der Waals surface area (Å²) in [6.45, 7) is 2.56. The number of halogens is 1. The van der Waals surface area contributed by atoms with E-state index in [0.717, 1.165) is 26.2 Å². The molecule has 1 unspecified atom stereocenters. The molecular weight excluding hydrogens is 356 g/mol. The normalized spacial score (nSPS) is 17.1. The summed E-state index contributed by atoms with van der Waals surface area (Å²) in [5.74, 6) is 0. The van der Waals surface area contributed by atoms with Crippen molar-refractivity contribution in [2.75, 3.05) is 19.8 Å². The number of hydrogen-bond acceptors (Lipinski definition) is 2. The highest BCUT2D eigenvalue weighted by molar-refractivity contribution is 5.88. The van der Waals surface area contributed by atoms with E-state index < -0.39 is 0 Å². The van der Waals surface area contributed by atoms with Crippen LogP contribution in [-0.2, 0) is 11.2 Å². The Kier molecular flexibility index (Phi) is 5.17. The highest BCUT2D eigenvalue weighted by Gasteiger charge is 2.16. The van der Waals surface area contributed by atoms with E-state index in [1.165, 1.54) is 32.9 Å². The third kappa shape index (κ3) is 3.46. The van der Waals surface area contributed by atoms with Crippen molar-refractivity contribution in [3.8, 4) is 5.69 Å². The zero-order valence-corrected chi connectivity index (χ0v) is 15.9. The molecule has 1 fully saturated rings. The van der Waals surface area contributed by atoms with Gasteiger partial charge in [0, 0.05) is 29.9 Å². The lowest BCUT2D eigenvalue weighted by Gasteiger charge is -2.24. The van der Waals surface area contributed by atoms with Crippen LogP contribution < -0.4 is 5.32 Å². The molecule has 4 aromatic rings. The van der Waals surface area contributed by atoms with Gasteiger partial charge in [0.15, 0.2) is 0 Å². The predicted octanol–water partition coefficient (Wildman–Crippen LogP) is 4.74. The Hall–Kier alpha value is -2.33. The lowest BCUT2D eigenvalue weighted by Crippen LogP contribution is -2.42. The van der Waals surface area contributed by atoms with E-state index in [-0.39, 0.29) is 12.4 Å². The number of aromatic nitrogens is 1. The van der Waals surface area contributed by atoms with Gasteiger partial charge in [-0.3, -0.25) is 0 Å². The van der Waals surface area contributed by atoms with Gasteiger partial charge in [0.2, 0.25) is 0 Å². The molecule has 0 saturated carbocycles. The second kappa shape index (κ2) is 7.73. The predicted molar refractivity (Wildman–Crippen MR) is 114 cm³/mol. The molecule has 1 N–H and O–H groups in total. The van der Waals surface area contributed by atoms with Crippen LogP contribution in [0.3, 0.4) is 0 Å². The number of benzene rings is 3. The Labute approximate surface area is 165 Å². The Morgan fingerprint density at radius 3 is 2.70 bits per heavy atom. The molecule has 3 aromatic carbocycles. The van der Waals surface area contributed by atoms with Crippen molar-refractivity contribution in [3.63, 3.8) is 0 Å². The molecule has 138 valence electrons. The maximum Gasteiger partial charge on any atom is 0.0623 e. The first kappa shape index (κ1) is 18.1. The number of fused-ring (bicyclic) bond motifs is 2. The summed E-state index contributed by atoms with van der Waals surface area (Å²) in [6.07, 6.45) is 3.18. The molecule has 0 spiro atoms. The molecule has 0 amide bonds. The van der Waals surface area contributed by atoms with E-state index in [0.29, 0.717) is 6.04 Å². The minimum atomic E-state index is 0. The Morgan fingerprint density at radius 2 is 1.85 bits per heavy atom. The van der Waals surface area contributed by atoms with Gasteiger partial charge in [0.25, 0.3) is 0 Å². The van der Waals surface area contributed by atoms with E-state index in [2.05, 4.69) is 82.8 Å². The van der Waals surface area contributed by atoms with Gasteiger partial charge in [-0.1, -0.05) is 42.5 Å². The number of nitrogens with one attached hydrogen (secondary N) is 1. The maximum atomic E-state index is 5.61. The number of morpholine rings is 1. The van der Waals surface area contributed by atoms with Crippen LogP contribution in [0.1, 0.15) is 5.56 Å². The van der Waals surface area contributed by atoms with Gasteiger partial charge < -0.3 is 14.6 Å². The van der Waals surface area contributed by atoms with Crippen LogP contribution in [0, 0.1) is 0 Å². The fourth-order valence-corrected chi connectivity index (χ4v) is 3.98. The van der Waals surface area contributed by atoms with E-state index in [9.17, 15) is 0 Å². The second-order valence-electron chi connectivity index (χ2n) is 7.00. The average molecular weight is 379 g/mol. The van der Waals surface area contributed by atoms with Gasteiger partial charge in [-0.15, -0.1) is 12.4 Å². The molecule has 0 bridgehead atoms. The van der Waals surface area contributed by atoms with Crippen LogP contribution in [0.2, 0.25) is 0 Å². The van der Waals surface area contributed by atoms with Gasteiger partial charge in [0.05, 0.1) is 18.7 Å². The maximum absolute atomic E-state index is 5.61. The molecule has 2 heterocycles. The fraction of sp³-hybridized carbons (Fsp3) is 0.217. The lowest BCUT2D eigenvalue weighted by atomic mass is 10.0. The summed E-state index contributed by atoms with van der Waals surface area (Å²) < 4.78 is 7.90. The smallest absolute Gasteiger partial charge is 0.0623 e. The number of ether oxygens (including phenoxy) is 1. The molecule has 1 aliphatic rings. The Bertz CT molecular complexity index is 1070. The van der Waals surface area contributed by atoms with Gasteiger partial charge >= 0.3 is 0 Å². The van der Waals surface area contributed by atoms with Crippen LogP contribution in [0.4, 0.5) is 0 Å². The molecule has 5 rings (SSSR count). The third-order valence-corrected chi connectivity index (χ3v) is 5.30. The molecule has 0 radical (unpaired) electrons. The summed E-state index contributed by atoms with van der Waals surface area (Å²) in [6, 6.07) is 24.4. The van der Waals surface area contributed by atoms with Gasteiger partial charge in [-0.2, -0.15) is 0 Å². The molecule has 1 aromatic heterocycles. The number of nitrogens with zero attached hydrogens (tertiary/aromatic N) is 1. The minimum absolute atomic E-state index is 0. The van der Waals surface area contributed by atoms with Crippen molar-refractivity contribution < 1.29 is 4.74 Å². The summed E-state index contributed by atoms with van der Waals surface area (Å²) in [5, 5.41) is 7.43. The summed E-state index contributed by atoms with van der Waals surface area (Å²) in [5.41, 5.74) is 3.84. The van der Waals surface area contributed by atoms with Crippen LogP contribution in [0.15, 0.2) is 72.9 Å². The average Bonchev–Trinajstić information content (AvgIpc) is 3.14. The largest absolute Gasteiger partial charge is 0.379 e. The summed E-state index contributed by atoms with van der Waals surface area (Å²) in [4.78, 5) is 0. The monoisotopic (exact) mass is 378 g/mol. The van der Waals surface area contributed by atoms with Gasteiger partial charge in [-0.05, 0) is 47.0 Å². The first-order chi connectivity index (χ1) is 12.9. The van der Waals surface area contributed by atoms with E-state index in [1.54, 1.807) is 0 Å². The molecule has 0 aliphatic carbocycles. The Balaban J connectivity index is 0.00000180. The van der Waals surface area contributed by atoms with Crippen molar-refractivity contribution >= 4 is 34.1 Å². The molecular formula is C23H23ClN2O. The number of hydrogen-bond donors (Lipinski definition) is 1. The standard InChI is InChI=1S/C23H22N2O.ClH/c1-2-5-18-15-21(9-8-17(18)4-1)25-12-10-22-19(6-3-7-23(22)25)14-20-16-26-13-11-24-20;/h1-10,12,15,20,24H,11,13-14,16H2;1H. The first-order valence-corrected chi connectivity index (χ1v) is 9.28. The highest BCUT2D eigenvalue weighted by atomic mass is 35.5. The summed E-state index contributed by atoms with van der Waals surface area (Å²) in [7, 11) is 0. The van der Waals surface area contributed by atoms with E-state index in [1.807, 2.05) is 0 Å². The topological polar surface area (TPSA) is 26.2 Å². The van der Waals surface area contributed by atoms with Gasteiger partial charge in [0.1, 0.15) is 0 Å². The molecule has 27 heavy (non-hydrogen) atoms. The SMILES string of the molecule is Cl.c1ccc2cc(-n3ccc4c(CC5COCCN5)cccc43)ccc2c1. The Morgan fingerprint density at radius 1 is 0.963 bits per heavy atom. The molecule has 1 atom stereocenters. The van der Waals surface area contributed by atoms with E-state index in [4.69, 9.17) is 4.74 Å². The van der Waals surface area contributed by atoms with Crippen LogP contribution >= 0.6 is 12.4 Å². The zero-order chi connectivity index (χ0) is 17.3. The van der Waals surface area contributed by atoms with Crippen molar-refractivity contribution in [2.45, 2.75) is 12.5 Å². The minimum Gasteiger partial charge on any atom is -0.379 e. The van der Waals surface area contributed by atoms with Crippen molar-refractivity contribution in [3.05, 3.63) is 78.5 Å². The quantitative estimate of drug-likeness (QED) is 0.557. The molecule has 1 aliphatic heterocycles. The molecule has 4 heteroatoms. The first-order valence-electron chi connectivity index (χ1n) is 9.28. The second-order valence-corrected chi connectivity index (χ2v) is 7.00. The zero-order valence-electron chi connectivity index (χ0n) is 15.1. The third-order valence-electron chi connectivity index (χ3n) is 5.30. The highest BCUT2D eigenvalue weighted by Crippen LogP contribution is 2.26. The lowest BCUT2D eigenvalue weighted by molar-refractivity contribution is 0.0771. The van der Waals surface area contributed by atoms with E-state index >= 15 is 0 Å². The van der Waals surface area contributed by atoms with Crippen molar-refractivity contribution in [1.29, 1.82) is 0 Å².